The number of hydrogen-bond acceptors (Lipinski definition) is 3. The van der Waals surface area contributed by atoms with Crippen molar-refractivity contribution in [2.75, 3.05) is 9.80 Å². The SMILES string of the molecule is c1ccc(-c2cccc(-c3ccc(N(c4cccc(-c5ccccc5)c4-c4ccccc4-c4ccccc4)c4cccc5c4c4ccccc4n5-c4ccc(-c5ccc(-c6cccc(-c7ccc(N(c8ccc9sc%10ccccc%10c9c8)c8cccc(-c9ccccc9)c8-c8ccccc8-c8ccccc8)cc7)c6)cc5)cc4)cc3)c2)cc1. The van der Waals surface area contributed by atoms with Gasteiger partial charge in [-0.2, -0.15) is 0 Å². The summed E-state index contributed by atoms with van der Waals surface area (Å²) in [4.78, 5) is 4.99. The van der Waals surface area contributed by atoms with Crippen LogP contribution < -0.4 is 9.80 Å². The Morgan fingerprint density at radius 1 is 0.178 bits per heavy atom. The van der Waals surface area contributed by atoms with Crippen LogP contribution in [0.2, 0.25) is 0 Å². The maximum atomic E-state index is 2.52. The van der Waals surface area contributed by atoms with Gasteiger partial charge >= 0.3 is 0 Å². The second-order valence-corrected chi connectivity index (χ2v) is 31.3. The third-order valence-corrected chi connectivity index (χ3v) is 24.4. The lowest BCUT2D eigenvalue weighted by Gasteiger charge is -2.30. The van der Waals surface area contributed by atoms with Gasteiger partial charge in [0, 0.05) is 64.8 Å². The standard InChI is InChI=1S/C114H77N3S/c1-6-29-78(30-7-1)88-39-24-41-90(75-88)83-65-71-94(72-66-83)117(107-53-27-50-99(87-37-14-5-15-38-87)113(107)102-47-19-17-44-97(102)85-33-10-3-11-34-85)109-55-28-54-108-114(109)103-48-20-22-51-105(103)116(108)93-69-61-80(62-70-93)79-57-59-81(60-58-79)89-40-25-42-91(76-89)82-63-67-92(68-64-82)115(95-73-74-111-104(77-95)100-45-21-23-56-110(100)118-111)106-52-26-49-98(86-35-12-4-13-36-86)112(106)101-46-18-16-43-96(101)84-31-8-2-9-32-84/h1-77H. The average Bonchev–Trinajstić information content (AvgIpc) is 1.52. The molecule has 21 aromatic rings. The van der Waals surface area contributed by atoms with Crippen LogP contribution in [0, 0.1) is 0 Å². The Hall–Kier alpha value is -15.2. The molecular formula is C114H77N3S. The number of benzene rings is 19. The van der Waals surface area contributed by atoms with Crippen LogP contribution in [0.5, 0.6) is 0 Å². The molecule has 2 heterocycles. The third kappa shape index (κ3) is 13.2. The molecule has 4 heteroatoms. The van der Waals surface area contributed by atoms with Gasteiger partial charge in [-0.25, -0.2) is 0 Å². The van der Waals surface area contributed by atoms with Gasteiger partial charge in [-0.3, -0.25) is 0 Å². The minimum Gasteiger partial charge on any atom is -0.310 e. The minimum absolute atomic E-state index is 1.04. The molecule has 0 aliphatic carbocycles. The number of para-hydroxylation sites is 1. The topological polar surface area (TPSA) is 11.4 Å². The van der Waals surface area contributed by atoms with Crippen molar-refractivity contribution < 1.29 is 0 Å². The van der Waals surface area contributed by atoms with Crippen LogP contribution in [-0.2, 0) is 0 Å². The molecule has 0 amide bonds. The molecule has 0 fully saturated rings. The first-order valence-electron chi connectivity index (χ1n) is 40.4. The van der Waals surface area contributed by atoms with E-state index in [0.29, 0.717) is 0 Å². The molecular weight excluding hydrogens is 1440 g/mol. The smallest absolute Gasteiger partial charge is 0.0562 e. The van der Waals surface area contributed by atoms with Gasteiger partial charge in [0.15, 0.2) is 0 Å². The summed E-state index contributed by atoms with van der Waals surface area (Å²) in [5, 5.41) is 4.84. The maximum absolute atomic E-state index is 2.52. The van der Waals surface area contributed by atoms with Gasteiger partial charge in [0.05, 0.1) is 28.1 Å². The lowest BCUT2D eigenvalue weighted by Crippen LogP contribution is -2.12. The fraction of sp³-hybridized carbons (Fsp3) is 0. The normalized spacial score (nSPS) is 11.4. The van der Waals surface area contributed by atoms with E-state index in [1.165, 1.54) is 70.1 Å². The first-order chi connectivity index (χ1) is 58.5. The molecule has 0 N–H and O–H groups in total. The van der Waals surface area contributed by atoms with Crippen molar-refractivity contribution >= 4 is 87.4 Å². The van der Waals surface area contributed by atoms with E-state index in [-0.39, 0.29) is 0 Å². The van der Waals surface area contributed by atoms with Crippen molar-refractivity contribution in [2.45, 2.75) is 0 Å². The molecule has 118 heavy (non-hydrogen) atoms. The van der Waals surface area contributed by atoms with Crippen molar-refractivity contribution in [3.8, 4) is 128 Å². The van der Waals surface area contributed by atoms with Gasteiger partial charge in [-0.1, -0.05) is 364 Å². The molecule has 554 valence electrons. The molecule has 0 spiro atoms. The van der Waals surface area contributed by atoms with Gasteiger partial charge in [0.1, 0.15) is 0 Å². The Kier molecular flexibility index (Phi) is 18.5. The van der Waals surface area contributed by atoms with Crippen molar-refractivity contribution in [3.05, 3.63) is 467 Å². The lowest BCUT2D eigenvalue weighted by molar-refractivity contribution is 1.18. The Bertz CT molecular complexity index is 7240. The minimum atomic E-state index is 1.04. The molecule has 0 unspecified atom stereocenters. The second kappa shape index (κ2) is 31.0. The van der Waals surface area contributed by atoms with Crippen LogP contribution in [0.15, 0.2) is 467 Å². The van der Waals surface area contributed by atoms with Crippen LogP contribution >= 0.6 is 11.3 Å². The Morgan fingerprint density at radius 3 is 1.01 bits per heavy atom. The largest absolute Gasteiger partial charge is 0.310 e. The lowest BCUT2D eigenvalue weighted by atomic mass is 9.87. The number of rotatable bonds is 18. The van der Waals surface area contributed by atoms with E-state index < -0.39 is 0 Å². The van der Waals surface area contributed by atoms with Crippen molar-refractivity contribution in [3.63, 3.8) is 0 Å². The predicted molar refractivity (Wildman–Crippen MR) is 503 cm³/mol. The third-order valence-electron chi connectivity index (χ3n) is 23.3. The second-order valence-electron chi connectivity index (χ2n) is 30.2. The van der Waals surface area contributed by atoms with E-state index in [0.717, 1.165) is 134 Å². The summed E-state index contributed by atoms with van der Waals surface area (Å²) < 4.78 is 5.00. The Labute approximate surface area is 692 Å². The van der Waals surface area contributed by atoms with Crippen LogP contribution in [0.4, 0.5) is 34.1 Å². The van der Waals surface area contributed by atoms with Crippen molar-refractivity contribution in [1.82, 2.24) is 4.57 Å². The van der Waals surface area contributed by atoms with Crippen LogP contribution in [0.3, 0.4) is 0 Å². The van der Waals surface area contributed by atoms with Gasteiger partial charge < -0.3 is 14.4 Å². The zero-order chi connectivity index (χ0) is 78.2. The molecule has 0 bridgehead atoms. The fourth-order valence-corrected chi connectivity index (χ4v) is 18.8. The van der Waals surface area contributed by atoms with Gasteiger partial charge in [0.2, 0.25) is 0 Å². The van der Waals surface area contributed by atoms with Crippen molar-refractivity contribution in [2.24, 2.45) is 0 Å². The number of anilines is 6. The first kappa shape index (κ1) is 70.6. The number of hydrogen-bond donors (Lipinski definition) is 0. The summed E-state index contributed by atoms with van der Waals surface area (Å²) in [5.41, 5.74) is 35.3. The Balaban J connectivity index is 0.626. The molecule has 21 rings (SSSR count). The summed E-state index contributed by atoms with van der Waals surface area (Å²) >= 11 is 1.85. The molecule has 0 radical (unpaired) electrons. The first-order valence-corrected chi connectivity index (χ1v) is 41.2. The summed E-state index contributed by atoms with van der Waals surface area (Å²) in [6.45, 7) is 0. The monoisotopic (exact) mass is 1520 g/mol. The van der Waals surface area contributed by atoms with Crippen molar-refractivity contribution in [1.29, 1.82) is 0 Å². The molecule has 0 aliphatic rings. The van der Waals surface area contributed by atoms with E-state index in [2.05, 4.69) is 481 Å². The summed E-state index contributed by atoms with van der Waals surface area (Å²) in [6.07, 6.45) is 0. The van der Waals surface area contributed by atoms with Crippen LogP contribution in [0.1, 0.15) is 0 Å². The number of thiophene rings is 1. The zero-order valence-electron chi connectivity index (χ0n) is 64.7. The molecule has 0 atom stereocenters. The highest BCUT2D eigenvalue weighted by Crippen LogP contribution is 2.53. The predicted octanol–water partition coefficient (Wildman–Crippen LogP) is 32.4. The fourth-order valence-electron chi connectivity index (χ4n) is 17.7. The molecule has 2 aromatic heterocycles. The van der Waals surface area contributed by atoms with E-state index >= 15 is 0 Å². The molecule has 0 saturated heterocycles. The highest BCUT2D eigenvalue weighted by atomic mass is 32.1. The maximum Gasteiger partial charge on any atom is 0.0562 e. The van der Waals surface area contributed by atoms with E-state index in [9.17, 15) is 0 Å². The van der Waals surface area contributed by atoms with Crippen LogP contribution in [0.25, 0.3) is 170 Å². The van der Waals surface area contributed by atoms with E-state index in [1.54, 1.807) is 0 Å². The van der Waals surface area contributed by atoms with E-state index in [4.69, 9.17) is 0 Å². The quantitative estimate of drug-likeness (QED) is 0.0848. The molecule has 3 nitrogen and oxygen atoms in total. The van der Waals surface area contributed by atoms with Gasteiger partial charge in [-0.05, 0) is 214 Å². The van der Waals surface area contributed by atoms with Gasteiger partial charge in [-0.15, -0.1) is 11.3 Å². The van der Waals surface area contributed by atoms with Crippen LogP contribution in [-0.4, -0.2) is 4.57 Å². The summed E-state index contributed by atoms with van der Waals surface area (Å²) in [7, 11) is 0. The number of aromatic nitrogens is 1. The molecule has 0 aliphatic heterocycles. The summed E-state index contributed by atoms with van der Waals surface area (Å²) in [6, 6.07) is 172. The highest BCUT2D eigenvalue weighted by molar-refractivity contribution is 7.25. The van der Waals surface area contributed by atoms with E-state index in [1.807, 2.05) is 11.3 Å². The summed E-state index contributed by atoms with van der Waals surface area (Å²) in [5.74, 6) is 0. The highest BCUT2D eigenvalue weighted by Gasteiger charge is 2.28. The number of fused-ring (bicyclic) bond motifs is 6. The zero-order valence-corrected chi connectivity index (χ0v) is 65.5. The Morgan fingerprint density at radius 2 is 0.500 bits per heavy atom. The molecule has 19 aromatic carbocycles. The molecule has 0 saturated carbocycles. The number of nitrogens with zero attached hydrogens (tertiary/aromatic N) is 3. The average molecular weight is 1520 g/mol. The van der Waals surface area contributed by atoms with Gasteiger partial charge in [0.25, 0.3) is 0 Å².